The summed E-state index contributed by atoms with van der Waals surface area (Å²) in [6, 6.07) is 71.4. The number of para-hydroxylation sites is 3. The van der Waals surface area contributed by atoms with Crippen LogP contribution in [0.5, 0.6) is 0 Å². The Morgan fingerprint density at radius 3 is 1.85 bits per heavy atom. The molecule has 0 N–H and O–H groups in total. The molecule has 1 aromatic heterocycles. The molecule has 0 radical (unpaired) electrons. The van der Waals surface area contributed by atoms with Crippen molar-refractivity contribution >= 4 is 44.9 Å². The number of aromatic nitrogens is 1. The number of nitrogens with zero attached hydrogens (tertiary/aromatic N) is 1. The van der Waals surface area contributed by atoms with Crippen molar-refractivity contribution in [2.45, 2.75) is 24.7 Å². The second-order valence-corrected chi connectivity index (χ2v) is 20.6. The Morgan fingerprint density at radius 1 is 0.410 bits per heavy atom. The fourth-order valence-electron chi connectivity index (χ4n) is 12.2. The first-order chi connectivity index (χ1) is 29.9. The van der Waals surface area contributed by atoms with E-state index in [2.05, 4.69) is 188 Å². The van der Waals surface area contributed by atoms with E-state index >= 15 is 4.57 Å². The first-order valence-corrected chi connectivity index (χ1v) is 23.1. The van der Waals surface area contributed by atoms with Crippen LogP contribution in [-0.2, 0) is 15.4 Å². The molecule has 3 heterocycles. The van der Waals surface area contributed by atoms with E-state index in [0.717, 1.165) is 32.6 Å². The normalized spacial score (nSPS) is 19.0. The Balaban J connectivity index is 1.11. The van der Waals surface area contributed by atoms with Crippen molar-refractivity contribution in [2.24, 2.45) is 0 Å². The highest BCUT2D eigenvalue weighted by atomic mass is 31.2. The van der Waals surface area contributed by atoms with Gasteiger partial charge in [0.15, 0.2) is 7.14 Å². The van der Waals surface area contributed by atoms with Crippen LogP contribution in [0.25, 0.3) is 72.0 Å². The van der Waals surface area contributed by atoms with Gasteiger partial charge in [-0.05, 0) is 114 Å². The molecule has 0 amide bonds. The van der Waals surface area contributed by atoms with Crippen LogP contribution in [-0.4, -0.2) is 4.57 Å². The summed E-state index contributed by atoms with van der Waals surface area (Å²) in [6.07, 6.45) is 0. The molecule has 0 bridgehead atoms. The topological polar surface area (TPSA) is 22.0 Å². The van der Waals surface area contributed by atoms with E-state index in [4.69, 9.17) is 0 Å². The van der Waals surface area contributed by atoms with Crippen LogP contribution in [0.3, 0.4) is 0 Å². The monoisotopic (exact) mass is 795 g/mol. The molecule has 2 unspecified atom stereocenters. The number of hydrogen-bond acceptors (Lipinski definition) is 1. The number of benzene rings is 9. The van der Waals surface area contributed by atoms with Crippen molar-refractivity contribution in [3.8, 4) is 50.2 Å². The van der Waals surface area contributed by atoms with Crippen LogP contribution in [0.1, 0.15) is 47.2 Å². The van der Waals surface area contributed by atoms with E-state index in [-0.39, 0.29) is 5.41 Å². The summed E-state index contributed by atoms with van der Waals surface area (Å²) >= 11 is 0. The van der Waals surface area contributed by atoms with E-state index in [0.29, 0.717) is 0 Å². The summed E-state index contributed by atoms with van der Waals surface area (Å²) < 4.78 is 18.5. The molecule has 2 aliphatic carbocycles. The average Bonchev–Trinajstić information content (AvgIpc) is 3.96. The van der Waals surface area contributed by atoms with Crippen LogP contribution in [0.15, 0.2) is 194 Å². The molecule has 0 fully saturated rings. The van der Waals surface area contributed by atoms with E-state index in [1.54, 1.807) is 0 Å². The first kappa shape index (κ1) is 33.8. The molecular formula is C58H38NOP. The Morgan fingerprint density at radius 2 is 1.02 bits per heavy atom. The minimum absolute atomic E-state index is 0.106. The maximum Gasteiger partial charge on any atom is 0.172 e. The molecule has 1 spiro atoms. The van der Waals surface area contributed by atoms with Gasteiger partial charge < -0.3 is 9.13 Å². The lowest BCUT2D eigenvalue weighted by Crippen LogP contribution is -2.33. The SMILES string of the molecule is CC1(C)c2ccccc2-c2ccc(-c3ccc4c(c3)C3(c5cc6c(cc5-4)P(=O)(c4ccccc4)c4ccccc4-6)c4ccccc4-n4c5ccccc5c5cccc3c54)cc21. The molecule has 61 heavy (non-hydrogen) atoms. The summed E-state index contributed by atoms with van der Waals surface area (Å²) in [5.74, 6) is 0. The maximum atomic E-state index is 16.0. The van der Waals surface area contributed by atoms with Crippen molar-refractivity contribution < 1.29 is 4.57 Å². The van der Waals surface area contributed by atoms with Crippen LogP contribution in [0.4, 0.5) is 0 Å². The largest absolute Gasteiger partial charge is 0.309 e. The molecule has 286 valence electrons. The van der Waals surface area contributed by atoms with Gasteiger partial charge in [-0.1, -0.05) is 172 Å². The molecule has 3 heteroatoms. The Bertz CT molecular complexity index is 3660. The van der Waals surface area contributed by atoms with Crippen molar-refractivity contribution in [1.82, 2.24) is 4.57 Å². The van der Waals surface area contributed by atoms with Crippen LogP contribution >= 0.6 is 7.14 Å². The van der Waals surface area contributed by atoms with Crippen LogP contribution in [0, 0.1) is 0 Å². The third kappa shape index (κ3) is 3.94. The first-order valence-electron chi connectivity index (χ1n) is 21.4. The summed E-state index contributed by atoms with van der Waals surface area (Å²) in [6.45, 7) is 4.72. The van der Waals surface area contributed by atoms with Crippen molar-refractivity contribution in [1.29, 1.82) is 0 Å². The van der Waals surface area contributed by atoms with Crippen molar-refractivity contribution in [2.75, 3.05) is 0 Å². The highest BCUT2D eigenvalue weighted by molar-refractivity contribution is 7.86. The summed E-state index contributed by atoms with van der Waals surface area (Å²) in [5.41, 5.74) is 20.3. The molecule has 0 saturated heterocycles. The fourth-order valence-corrected chi connectivity index (χ4v) is 15.3. The molecule has 2 aliphatic heterocycles. The third-order valence-corrected chi connectivity index (χ3v) is 18.0. The Hall–Kier alpha value is -6.99. The molecule has 4 aliphatic rings. The summed E-state index contributed by atoms with van der Waals surface area (Å²) in [7, 11) is -3.19. The second kappa shape index (κ2) is 11.4. The van der Waals surface area contributed by atoms with Gasteiger partial charge in [0.2, 0.25) is 0 Å². The quantitative estimate of drug-likeness (QED) is 0.160. The Labute approximate surface area is 354 Å². The smallest absolute Gasteiger partial charge is 0.172 e. The van der Waals surface area contributed by atoms with Crippen molar-refractivity contribution in [3.05, 3.63) is 228 Å². The lowest BCUT2D eigenvalue weighted by atomic mass is 9.65. The molecule has 0 saturated carbocycles. The van der Waals surface area contributed by atoms with Crippen LogP contribution < -0.4 is 15.9 Å². The predicted molar refractivity (Wildman–Crippen MR) is 253 cm³/mol. The van der Waals surface area contributed by atoms with Gasteiger partial charge in [0.05, 0.1) is 22.1 Å². The van der Waals surface area contributed by atoms with Gasteiger partial charge in [-0.15, -0.1) is 0 Å². The highest BCUT2D eigenvalue weighted by Gasteiger charge is 2.53. The lowest BCUT2D eigenvalue weighted by molar-refractivity contribution is 0.593. The summed E-state index contributed by atoms with van der Waals surface area (Å²) in [4.78, 5) is 0. The average molecular weight is 796 g/mol. The van der Waals surface area contributed by atoms with Gasteiger partial charge in [0.25, 0.3) is 0 Å². The zero-order chi connectivity index (χ0) is 40.4. The standard InChI is InChI=1S/C58H38NOP/c1-57(2)46-21-9-6-17-38(46)39-29-27-35(31-49(39)57)36-28-30-40-44-34-55-45(42-19-8-13-26-54(42)61(55,60)37-15-4-3-5-16-37)33-51(44)58(50(40)32-36)47-22-10-12-25-53(47)59-52-24-11-7-18-41(52)43-20-14-23-48(58)56(43)59/h3-34H,1-2H3. The van der Waals surface area contributed by atoms with Gasteiger partial charge in [-0.25, -0.2) is 0 Å². The van der Waals surface area contributed by atoms with Crippen molar-refractivity contribution in [3.63, 3.8) is 0 Å². The van der Waals surface area contributed by atoms with Gasteiger partial charge in [-0.2, -0.15) is 0 Å². The van der Waals surface area contributed by atoms with Gasteiger partial charge >= 0.3 is 0 Å². The molecule has 9 aromatic carbocycles. The van der Waals surface area contributed by atoms with E-state index < -0.39 is 12.6 Å². The number of rotatable bonds is 2. The van der Waals surface area contributed by atoms with Gasteiger partial charge in [0.1, 0.15) is 0 Å². The van der Waals surface area contributed by atoms with Gasteiger partial charge in [-0.3, -0.25) is 0 Å². The lowest BCUT2D eigenvalue weighted by Gasteiger charge is -2.40. The molecular weight excluding hydrogens is 758 g/mol. The third-order valence-electron chi connectivity index (χ3n) is 14.8. The fraction of sp³-hybridized carbons (Fsp3) is 0.0690. The number of fused-ring (bicyclic) bond motifs is 18. The highest BCUT2D eigenvalue weighted by Crippen LogP contribution is 2.64. The number of hydrogen-bond donors (Lipinski definition) is 0. The molecule has 2 atom stereocenters. The van der Waals surface area contributed by atoms with E-state index in [1.165, 1.54) is 88.7 Å². The zero-order valence-corrected chi connectivity index (χ0v) is 34.7. The van der Waals surface area contributed by atoms with E-state index in [1.807, 2.05) is 24.3 Å². The predicted octanol–water partition coefficient (Wildman–Crippen LogP) is 13.1. The Kier molecular flexibility index (Phi) is 6.33. The van der Waals surface area contributed by atoms with E-state index in [9.17, 15) is 0 Å². The molecule has 2 nitrogen and oxygen atoms in total. The van der Waals surface area contributed by atoms with Crippen LogP contribution in [0.2, 0.25) is 0 Å². The summed E-state index contributed by atoms with van der Waals surface area (Å²) in [5, 5.41) is 5.25. The molecule has 14 rings (SSSR count). The maximum absolute atomic E-state index is 16.0. The van der Waals surface area contributed by atoms with Gasteiger partial charge in [0, 0.05) is 32.1 Å². The molecule has 10 aromatic rings. The zero-order valence-electron chi connectivity index (χ0n) is 33.8. The minimum Gasteiger partial charge on any atom is -0.309 e. The minimum atomic E-state index is -3.19. The second-order valence-electron chi connectivity index (χ2n) is 17.9.